The lowest BCUT2D eigenvalue weighted by Crippen LogP contribution is -2.26. The van der Waals surface area contributed by atoms with Crippen LogP contribution < -0.4 is 10.1 Å². The van der Waals surface area contributed by atoms with Gasteiger partial charge in [0.1, 0.15) is 11.5 Å². The van der Waals surface area contributed by atoms with Crippen LogP contribution >= 0.6 is 0 Å². The van der Waals surface area contributed by atoms with Crippen molar-refractivity contribution < 1.29 is 18.3 Å². The van der Waals surface area contributed by atoms with Crippen molar-refractivity contribution in [3.8, 4) is 5.75 Å². The molecule has 156 valence electrons. The van der Waals surface area contributed by atoms with Crippen LogP contribution in [0, 0.1) is 24.6 Å². The average molecular weight is 412 g/mol. The van der Waals surface area contributed by atoms with Crippen LogP contribution in [0.5, 0.6) is 5.75 Å². The molecule has 1 aromatic carbocycles. The summed E-state index contributed by atoms with van der Waals surface area (Å²) < 4.78 is 35.1. The zero-order chi connectivity index (χ0) is 21.3. The zero-order valence-corrected chi connectivity index (χ0v) is 16.7. The van der Waals surface area contributed by atoms with Gasteiger partial charge in [-0.2, -0.15) is 9.49 Å². The number of aryl methyl sites for hydroxylation is 2. The lowest BCUT2D eigenvalue weighted by atomic mass is 9.93. The SMILES string of the molecule is CCn1cc(OC[C@@]2(c3cccc(F)c3)C[C@H]2C(=O)Nc2ccnc(F)c2)c(C)n1. The fourth-order valence-corrected chi connectivity index (χ4v) is 3.73. The highest BCUT2D eigenvalue weighted by Gasteiger charge is 2.60. The van der Waals surface area contributed by atoms with Gasteiger partial charge in [0.2, 0.25) is 11.9 Å². The molecule has 0 bridgehead atoms. The van der Waals surface area contributed by atoms with Crippen molar-refractivity contribution in [3.63, 3.8) is 0 Å². The summed E-state index contributed by atoms with van der Waals surface area (Å²) in [6.07, 6.45) is 3.59. The number of amides is 1. The summed E-state index contributed by atoms with van der Waals surface area (Å²) in [4.78, 5) is 16.4. The van der Waals surface area contributed by atoms with Crippen LogP contribution in [0.25, 0.3) is 0 Å². The average Bonchev–Trinajstić information content (AvgIpc) is 3.36. The van der Waals surface area contributed by atoms with Gasteiger partial charge in [-0.05, 0) is 44.0 Å². The first-order valence-corrected chi connectivity index (χ1v) is 9.76. The van der Waals surface area contributed by atoms with E-state index in [-0.39, 0.29) is 18.3 Å². The molecule has 2 atom stereocenters. The molecule has 1 fully saturated rings. The van der Waals surface area contributed by atoms with E-state index in [1.165, 1.54) is 24.4 Å². The Balaban J connectivity index is 1.56. The van der Waals surface area contributed by atoms with Crippen LogP contribution in [-0.4, -0.2) is 27.3 Å². The number of nitrogens with one attached hydrogen (secondary N) is 1. The Morgan fingerprint density at radius 1 is 1.33 bits per heavy atom. The largest absolute Gasteiger partial charge is 0.489 e. The third-order valence-electron chi connectivity index (χ3n) is 5.50. The number of benzene rings is 1. The van der Waals surface area contributed by atoms with E-state index in [0.29, 0.717) is 30.0 Å². The van der Waals surface area contributed by atoms with Crippen LogP contribution in [-0.2, 0) is 16.8 Å². The number of aromatic nitrogens is 3. The molecular formula is C22H22F2N4O2. The van der Waals surface area contributed by atoms with E-state index in [1.807, 2.05) is 20.0 Å². The van der Waals surface area contributed by atoms with Gasteiger partial charge in [0, 0.05) is 29.9 Å². The Morgan fingerprint density at radius 3 is 2.87 bits per heavy atom. The van der Waals surface area contributed by atoms with Crippen LogP contribution in [0.3, 0.4) is 0 Å². The van der Waals surface area contributed by atoms with Crippen LogP contribution in [0.15, 0.2) is 48.8 Å². The molecule has 1 amide bonds. The molecule has 8 heteroatoms. The van der Waals surface area contributed by atoms with Crippen molar-refractivity contribution >= 4 is 11.6 Å². The van der Waals surface area contributed by atoms with Gasteiger partial charge in [-0.25, -0.2) is 9.37 Å². The second kappa shape index (κ2) is 7.85. The van der Waals surface area contributed by atoms with E-state index in [1.54, 1.807) is 16.8 Å². The number of ether oxygens (including phenoxy) is 1. The zero-order valence-electron chi connectivity index (χ0n) is 16.7. The summed E-state index contributed by atoms with van der Waals surface area (Å²) in [5.41, 5.74) is 1.11. The molecule has 4 rings (SSSR count). The number of carbonyl (C=O) groups excluding carboxylic acids is 1. The van der Waals surface area contributed by atoms with Gasteiger partial charge in [0.25, 0.3) is 0 Å². The number of halogens is 2. The van der Waals surface area contributed by atoms with Crippen molar-refractivity contribution in [3.05, 3.63) is 71.8 Å². The highest BCUT2D eigenvalue weighted by atomic mass is 19.1. The smallest absolute Gasteiger partial charge is 0.228 e. The third kappa shape index (κ3) is 3.90. The van der Waals surface area contributed by atoms with Crippen molar-refractivity contribution in [2.24, 2.45) is 5.92 Å². The molecule has 1 aliphatic carbocycles. The van der Waals surface area contributed by atoms with E-state index in [2.05, 4.69) is 15.4 Å². The molecule has 0 spiro atoms. The molecule has 0 saturated heterocycles. The van der Waals surface area contributed by atoms with Crippen LogP contribution in [0.4, 0.5) is 14.5 Å². The number of hydrogen-bond acceptors (Lipinski definition) is 4. The monoisotopic (exact) mass is 412 g/mol. The maximum Gasteiger partial charge on any atom is 0.228 e. The summed E-state index contributed by atoms with van der Waals surface area (Å²) in [7, 11) is 0. The maximum atomic E-state index is 13.9. The maximum absolute atomic E-state index is 13.9. The Bertz CT molecular complexity index is 1080. The Labute approximate surface area is 172 Å². The molecule has 30 heavy (non-hydrogen) atoms. The van der Waals surface area contributed by atoms with Crippen molar-refractivity contribution in [1.82, 2.24) is 14.8 Å². The first kappa shape index (κ1) is 20.0. The van der Waals surface area contributed by atoms with Crippen molar-refractivity contribution in [1.29, 1.82) is 0 Å². The Kier molecular flexibility index (Phi) is 5.24. The first-order chi connectivity index (χ1) is 14.4. The fourth-order valence-electron chi connectivity index (χ4n) is 3.73. The summed E-state index contributed by atoms with van der Waals surface area (Å²) in [5, 5.41) is 7.09. The minimum Gasteiger partial charge on any atom is -0.489 e. The highest BCUT2D eigenvalue weighted by Crippen LogP contribution is 2.55. The van der Waals surface area contributed by atoms with Gasteiger partial charge in [-0.1, -0.05) is 12.1 Å². The normalized spacial score (nSPS) is 20.1. The number of carbonyl (C=O) groups is 1. The number of pyridine rings is 1. The molecule has 1 aliphatic rings. The molecule has 6 nitrogen and oxygen atoms in total. The predicted octanol–water partition coefficient (Wildman–Crippen LogP) is 3.86. The summed E-state index contributed by atoms with van der Waals surface area (Å²) in [6, 6.07) is 8.90. The van der Waals surface area contributed by atoms with Gasteiger partial charge >= 0.3 is 0 Å². The van der Waals surface area contributed by atoms with E-state index >= 15 is 0 Å². The Morgan fingerprint density at radius 2 is 2.17 bits per heavy atom. The Hall–Kier alpha value is -3.29. The highest BCUT2D eigenvalue weighted by molar-refractivity contribution is 5.96. The summed E-state index contributed by atoms with van der Waals surface area (Å²) in [6.45, 7) is 4.75. The molecule has 2 aromatic heterocycles. The van der Waals surface area contributed by atoms with Gasteiger partial charge < -0.3 is 10.1 Å². The molecular weight excluding hydrogens is 390 g/mol. The fraction of sp³-hybridized carbons (Fsp3) is 0.318. The quantitative estimate of drug-likeness (QED) is 0.599. The number of nitrogens with zero attached hydrogens (tertiary/aromatic N) is 3. The van der Waals surface area contributed by atoms with E-state index in [0.717, 1.165) is 11.8 Å². The van der Waals surface area contributed by atoms with Crippen molar-refractivity contribution in [2.45, 2.75) is 32.2 Å². The van der Waals surface area contributed by atoms with E-state index in [4.69, 9.17) is 4.74 Å². The molecule has 0 aliphatic heterocycles. The molecule has 1 N–H and O–H groups in total. The van der Waals surface area contributed by atoms with Crippen molar-refractivity contribution in [2.75, 3.05) is 11.9 Å². The molecule has 0 radical (unpaired) electrons. The minimum absolute atomic E-state index is 0.204. The van der Waals surface area contributed by atoms with E-state index < -0.39 is 17.3 Å². The second-order valence-electron chi connectivity index (χ2n) is 7.50. The molecule has 3 aromatic rings. The van der Waals surface area contributed by atoms with E-state index in [9.17, 15) is 13.6 Å². The predicted molar refractivity (Wildman–Crippen MR) is 107 cm³/mol. The first-order valence-electron chi connectivity index (χ1n) is 9.76. The van der Waals surface area contributed by atoms with Gasteiger partial charge in [0.05, 0.1) is 18.7 Å². The molecule has 1 saturated carbocycles. The second-order valence-corrected chi connectivity index (χ2v) is 7.50. The van der Waals surface area contributed by atoms with Gasteiger partial charge in [0.15, 0.2) is 5.75 Å². The summed E-state index contributed by atoms with van der Waals surface area (Å²) in [5.74, 6) is -1.11. The van der Waals surface area contributed by atoms with Crippen LogP contribution in [0.1, 0.15) is 24.6 Å². The van der Waals surface area contributed by atoms with Gasteiger partial charge in [-0.3, -0.25) is 9.48 Å². The molecule has 0 unspecified atom stereocenters. The number of rotatable bonds is 7. The minimum atomic E-state index is -0.674. The molecule has 2 heterocycles. The number of hydrogen-bond donors (Lipinski definition) is 1. The van der Waals surface area contributed by atoms with Gasteiger partial charge in [-0.15, -0.1) is 0 Å². The lowest BCUT2D eigenvalue weighted by molar-refractivity contribution is -0.117. The lowest BCUT2D eigenvalue weighted by Gasteiger charge is -2.19. The van der Waals surface area contributed by atoms with Crippen LogP contribution in [0.2, 0.25) is 0 Å². The topological polar surface area (TPSA) is 69.0 Å². The standard InChI is InChI=1S/C22H22F2N4O2/c1-3-28-12-19(14(2)27-28)30-13-22(15-5-4-6-16(23)9-15)11-18(22)21(29)26-17-7-8-25-20(24)10-17/h4-10,12,18H,3,11,13H2,1-2H3,(H,25,26,29)/t18-,22+/m0/s1. The number of anilines is 1. The third-order valence-corrected chi connectivity index (χ3v) is 5.50. The summed E-state index contributed by atoms with van der Waals surface area (Å²) >= 11 is 0.